The van der Waals surface area contributed by atoms with Crippen molar-refractivity contribution < 1.29 is 53.9 Å². The summed E-state index contributed by atoms with van der Waals surface area (Å²) in [6.45, 7) is 0. The lowest BCUT2D eigenvalue weighted by atomic mass is 10.1. The molecule has 0 atom stereocenters. The summed E-state index contributed by atoms with van der Waals surface area (Å²) in [7, 11) is -5.22. The van der Waals surface area contributed by atoms with Gasteiger partial charge in [-0.05, 0) is 36.4 Å². The number of halogens is 6. The number of nitrogens with zero attached hydrogens (tertiary/aromatic N) is 2. The van der Waals surface area contributed by atoms with Crippen molar-refractivity contribution in [2.24, 2.45) is 0 Å². The minimum Gasteiger partial charge on any atom is -0.269 e. The molecule has 0 N–H and O–H groups in total. The van der Waals surface area contributed by atoms with Crippen molar-refractivity contribution in [2.75, 3.05) is 9.80 Å². The molecule has 15 heteroatoms. The molecule has 2 heterocycles. The first-order chi connectivity index (χ1) is 17.0. The highest BCUT2D eigenvalue weighted by molar-refractivity contribution is 7.91. The number of benzene rings is 2. The van der Waals surface area contributed by atoms with Crippen LogP contribution in [0, 0.1) is 0 Å². The van der Waals surface area contributed by atoms with E-state index in [-0.39, 0.29) is 21.9 Å². The third-order valence-electron chi connectivity index (χ3n) is 5.19. The quantitative estimate of drug-likeness (QED) is 0.431. The molecule has 0 fully saturated rings. The zero-order valence-corrected chi connectivity index (χ0v) is 18.6. The Balaban J connectivity index is 1.94. The molecular formula is C22H10F6N2O6S. The number of imide groups is 2. The van der Waals surface area contributed by atoms with Gasteiger partial charge in [-0.2, -0.15) is 26.3 Å². The lowest BCUT2D eigenvalue weighted by molar-refractivity contribution is -0.138. The van der Waals surface area contributed by atoms with Gasteiger partial charge in [0.1, 0.15) is 0 Å². The highest BCUT2D eigenvalue weighted by Crippen LogP contribution is 2.39. The molecule has 192 valence electrons. The lowest BCUT2D eigenvalue weighted by Crippen LogP contribution is -2.30. The van der Waals surface area contributed by atoms with E-state index < -0.39 is 78.1 Å². The monoisotopic (exact) mass is 544 g/mol. The smallest absolute Gasteiger partial charge is 0.269 e. The molecule has 0 spiro atoms. The van der Waals surface area contributed by atoms with Gasteiger partial charge in [0.15, 0.2) is 0 Å². The number of sulfone groups is 1. The minimum atomic E-state index is -5.22. The van der Waals surface area contributed by atoms with Crippen molar-refractivity contribution in [1.29, 1.82) is 0 Å². The van der Waals surface area contributed by atoms with E-state index in [1.165, 1.54) is 0 Å². The molecule has 4 rings (SSSR count). The van der Waals surface area contributed by atoms with Gasteiger partial charge < -0.3 is 0 Å². The number of amides is 4. The first-order valence-electron chi connectivity index (χ1n) is 9.82. The van der Waals surface area contributed by atoms with Crippen molar-refractivity contribution in [3.05, 3.63) is 71.8 Å². The fourth-order valence-corrected chi connectivity index (χ4v) is 4.90. The van der Waals surface area contributed by atoms with Crippen LogP contribution >= 0.6 is 0 Å². The van der Waals surface area contributed by atoms with Crippen molar-refractivity contribution in [3.63, 3.8) is 0 Å². The number of anilines is 2. The van der Waals surface area contributed by atoms with E-state index in [1.54, 1.807) is 0 Å². The summed E-state index contributed by atoms with van der Waals surface area (Å²) in [5.74, 6) is -4.31. The first kappa shape index (κ1) is 25.8. The third-order valence-corrected chi connectivity index (χ3v) is 6.91. The summed E-state index contributed by atoms with van der Waals surface area (Å²) in [4.78, 5) is 46.0. The number of alkyl halides is 6. The van der Waals surface area contributed by atoms with Gasteiger partial charge in [0.05, 0.1) is 32.3 Å². The Morgan fingerprint density at radius 3 is 1.08 bits per heavy atom. The van der Waals surface area contributed by atoms with E-state index in [1.807, 2.05) is 0 Å². The van der Waals surface area contributed by atoms with Crippen LogP contribution in [0.25, 0.3) is 0 Å². The van der Waals surface area contributed by atoms with Crippen molar-refractivity contribution >= 4 is 44.8 Å². The van der Waals surface area contributed by atoms with Gasteiger partial charge in [0, 0.05) is 24.3 Å². The molecule has 0 bridgehead atoms. The Bertz CT molecular complexity index is 1410. The molecule has 2 aromatic carbocycles. The van der Waals surface area contributed by atoms with E-state index >= 15 is 0 Å². The summed E-state index contributed by atoms with van der Waals surface area (Å²) < 4.78 is 108. The lowest BCUT2D eigenvalue weighted by Gasteiger charge is -2.20. The molecule has 0 saturated heterocycles. The van der Waals surface area contributed by atoms with Crippen LogP contribution in [0.5, 0.6) is 0 Å². The van der Waals surface area contributed by atoms with Gasteiger partial charge in [-0.1, -0.05) is 0 Å². The number of hydrogen-bond donors (Lipinski definition) is 0. The van der Waals surface area contributed by atoms with Gasteiger partial charge in [0.2, 0.25) is 9.84 Å². The van der Waals surface area contributed by atoms with E-state index in [0.717, 1.165) is 24.3 Å². The summed E-state index contributed by atoms with van der Waals surface area (Å²) >= 11 is 0. The number of rotatable bonds is 4. The maximum absolute atomic E-state index is 13.6. The van der Waals surface area contributed by atoms with E-state index in [9.17, 15) is 53.9 Å². The maximum atomic E-state index is 13.6. The Morgan fingerprint density at radius 1 is 0.514 bits per heavy atom. The van der Waals surface area contributed by atoms with Crippen molar-refractivity contribution in [3.8, 4) is 0 Å². The average Bonchev–Trinajstić information content (AvgIpc) is 3.31. The van der Waals surface area contributed by atoms with Crippen LogP contribution in [0.4, 0.5) is 37.7 Å². The first-order valence-corrected chi connectivity index (χ1v) is 11.3. The summed E-state index contributed by atoms with van der Waals surface area (Å²) in [6.07, 6.45) is -7.44. The van der Waals surface area contributed by atoms with Crippen LogP contribution < -0.4 is 9.80 Å². The summed E-state index contributed by atoms with van der Waals surface area (Å²) in [5, 5.41) is 0. The van der Waals surface area contributed by atoms with Gasteiger partial charge in [-0.25, -0.2) is 18.2 Å². The van der Waals surface area contributed by atoms with E-state index in [4.69, 9.17) is 0 Å². The molecule has 4 amide bonds. The Morgan fingerprint density at radius 2 is 0.811 bits per heavy atom. The fourth-order valence-electron chi connectivity index (χ4n) is 3.51. The third kappa shape index (κ3) is 4.64. The molecular weight excluding hydrogens is 534 g/mol. The van der Waals surface area contributed by atoms with Crippen LogP contribution in [-0.2, 0) is 41.4 Å². The van der Waals surface area contributed by atoms with E-state index in [0.29, 0.717) is 24.3 Å². The molecule has 2 aliphatic rings. The Labute approximate surface area is 203 Å². The van der Waals surface area contributed by atoms with Gasteiger partial charge in [0.25, 0.3) is 23.6 Å². The molecule has 0 aromatic heterocycles. The molecule has 37 heavy (non-hydrogen) atoms. The maximum Gasteiger partial charge on any atom is 0.416 e. The molecule has 2 aromatic rings. The Kier molecular flexibility index (Phi) is 5.86. The standard InChI is InChI=1S/C22H10F6N2O6S/c23-21(24,25)11-5-13(29-17(31)1-2-18(29)32)9-15(7-11)37(35,36)16-8-12(22(26,27)28)6-14(10-16)30-19(33)3-4-20(30)34/h1-10H. The predicted molar refractivity (Wildman–Crippen MR) is 112 cm³/mol. The van der Waals surface area contributed by atoms with Gasteiger partial charge in [-0.15, -0.1) is 0 Å². The Hall–Kier alpha value is -4.27. The van der Waals surface area contributed by atoms with Crippen LogP contribution in [0.15, 0.2) is 70.5 Å². The molecule has 0 unspecified atom stereocenters. The second-order valence-electron chi connectivity index (χ2n) is 7.62. The van der Waals surface area contributed by atoms with Crippen molar-refractivity contribution in [1.82, 2.24) is 0 Å². The molecule has 0 aliphatic carbocycles. The second-order valence-corrected chi connectivity index (χ2v) is 9.57. The van der Waals surface area contributed by atoms with Crippen LogP contribution in [0.1, 0.15) is 11.1 Å². The normalized spacial score (nSPS) is 16.5. The largest absolute Gasteiger partial charge is 0.416 e. The topological polar surface area (TPSA) is 109 Å². The summed E-state index contributed by atoms with van der Waals surface area (Å²) in [5.41, 5.74) is -4.82. The van der Waals surface area contributed by atoms with E-state index in [2.05, 4.69) is 0 Å². The van der Waals surface area contributed by atoms with Gasteiger partial charge in [-0.3, -0.25) is 19.2 Å². The number of hydrogen-bond acceptors (Lipinski definition) is 6. The highest BCUT2D eigenvalue weighted by atomic mass is 32.2. The summed E-state index contributed by atoms with van der Waals surface area (Å²) in [6, 6.07) is 1.91. The molecule has 0 saturated carbocycles. The zero-order chi connectivity index (χ0) is 27.5. The fraction of sp³-hybridized carbons (Fsp3) is 0.0909. The molecule has 8 nitrogen and oxygen atoms in total. The predicted octanol–water partition coefficient (Wildman–Crippen LogP) is 3.42. The van der Waals surface area contributed by atoms with Crippen LogP contribution in [0.2, 0.25) is 0 Å². The second kappa shape index (κ2) is 8.40. The highest BCUT2D eigenvalue weighted by Gasteiger charge is 2.38. The zero-order valence-electron chi connectivity index (χ0n) is 17.8. The molecule has 2 aliphatic heterocycles. The molecule has 0 radical (unpaired) electrons. The van der Waals surface area contributed by atoms with Gasteiger partial charge >= 0.3 is 12.4 Å². The average molecular weight is 544 g/mol. The number of carbonyl (C=O) groups excluding carboxylic acids is 4. The van der Waals surface area contributed by atoms with Crippen LogP contribution in [-0.4, -0.2) is 32.0 Å². The number of carbonyl (C=O) groups is 4. The van der Waals surface area contributed by atoms with Crippen molar-refractivity contribution in [2.45, 2.75) is 22.1 Å². The van der Waals surface area contributed by atoms with Crippen LogP contribution in [0.3, 0.4) is 0 Å². The SMILES string of the molecule is O=C1C=CC(=O)N1c1cc(C(F)(F)F)cc(S(=O)(=O)c2cc(N3C(=O)C=CC3=O)cc(C(F)(F)F)c2)c1. The minimum absolute atomic E-state index is 0.116.